The summed E-state index contributed by atoms with van der Waals surface area (Å²) in [6, 6.07) is 0. The van der Waals surface area contributed by atoms with Crippen molar-refractivity contribution in [1.82, 2.24) is 4.90 Å². The summed E-state index contributed by atoms with van der Waals surface area (Å²) in [6.07, 6.45) is 6.94. The zero-order chi connectivity index (χ0) is 11.4. The molecule has 0 atom stereocenters. The van der Waals surface area contributed by atoms with Gasteiger partial charge >= 0.3 is 0 Å². The van der Waals surface area contributed by atoms with Crippen molar-refractivity contribution >= 4 is 0 Å². The van der Waals surface area contributed by atoms with Crippen LogP contribution in [0.3, 0.4) is 0 Å². The van der Waals surface area contributed by atoms with E-state index in [9.17, 15) is 0 Å². The molecule has 0 aliphatic carbocycles. The first-order valence-corrected chi connectivity index (χ1v) is 6.38. The van der Waals surface area contributed by atoms with Gasteiger partial charge in [0.2, 0.25) is 0 Å². The molecule has 0 aromatic rings. The smallest absolute Gasteiger partial charge is 0.0431 e. The van der Waals surface area contributed by atoms with Gasteiger partial charge in [0.25, 0.3) is 0 Å². The van der Waals surface area contributed by atoms with E-state index in [4.69, 9.17) is 10.8 Å². The van der Waals surface area contributed by atoms with Crippen molar-refractivity contribution in [3.8, 4) is 0 Å². The zero-order valence-corrected chi connectivity index (χ0v) is 10.2. The summed E-state index contributed by atoms with van der Waals surface area (Å²) in [4.78, 5) is 2.51. The van der Waals surface area contributed by atoms with E-state index in [1.54, 1.807) is 0 Å². The molecule has 3 N–H and O–H groups in total. The summed E-state index contributed by atoms with van der Waals surface area (Å²) in [5, 5.41) is 8.65. The van der Waals surface area contributed by atoms with Crippen LogP contribution in [0.25, 0.3) is 0 Å². The van der Waals surface area contributed by atoms with Gasteiger partial charge in [0.15, 0.2) is 0 Å². The van der Waals surface area contributed by atoms with Crippen LogP contribution in [0.1, 0.15) is 45.4 Å². The molecule has 0 spiro atoms. The van der Waals surface area contributed by atoms with Gasteiger partial charge in [-0.3, -0.25) is 0 Å². The first kappa shape index (κ1) is 14.9. The summed E-state index contributed by atoms with van der Waals surface area (Å²) in [5.41, 5.74) is 5.51. The van der Waals surface area contributed by atoms with E-state index in [1.807, 2.05) is 0 Å². The van der Waals surface area contributed by atoms with E-state index >= 15 is 0 Å². The number of unbranched alkanes of at least 4 members (excludes halogenated alkanes) is 3. The fourth-order valence-electron chi connectivity index (χ4n) is 1.77. The van der Waals surface area contributed by atoms with Crippen LogP contribution in [0, 0.1) is 0 Å². The minimum Gasteiger partial charge on any atom is -0.396 e. The Hall–Kier alpha value is -0.120. The molecule has 0 saturated carbocycles. The number of aliphatic hydroxyl groups is 1. The van der Waals surface area contributed by atoms with Crippen molar-refractivity contribution in [3.63, 3.8) is 0 Å². The number of hydrogen-bond donors (Lipinski definition) is 2. The fraction of sp³-hybridized carbons (Fsp3) is 1.00. The Morgan fingerprint density at radius 2 is 1.60 bits per heavy atom. The van der Waals surface area contributed by atoms with E-state index in [1.165, 1.54) is 32.4 Å². The number of nitrogens with two attached hydrogens (primary N) is 1. The van der Waals surface area contributed by atoms with Crippen LogP contribution in [-0.4, -0.2) is 42.8 Å². The molecule has 3 heteroatoms. The largest absolute Gasteiger partial charge is 0.396 e. The minimum absolute atomic E-state index is 0.339. The second-order valence-corrected chi connectivity index (χ2v) is 4.12. The van der Waals surface area contributed by atoms with Gasteiger partial charge in [-0.05, 0) is 51.9 Å². The molecule has 0 aliphatic rings. The maximum atomic E-state index is 8.65. The molecule has 0 rings (SSSR count). The van der Waals surface area contributed by atoms with Crippen molar-refractivity contribution in [2.45, 2.75) is 45.4 Å². The molecule has 0 radical (unpaired) electrons. The normalized spacial score (nSPS) is 11.2. The lowest BCUT2D eigenvalue weighted by atomic mass is 10.2. The molecule has 3 nitrogen and oxygen atoms in total. The van der Waals surface area contributed by atoms with Crippen LogP contribution >= 0.6 is 0 Å². The van der Waals surface area contributed by atoms with Crippen LogP contribution in [0.4, 0.5) is 0 Å². The Morgan fingerprint density at radius 1 is 0.933 bits per heavy atom. The van der Waals surface area contributed by atoms with E-state index in [0.29, 0.717) is 6.61 Å². The quantitative estimate of drug-likeness (QED) is 0.516. The Balaban J connectivity index is 3.38. The van der Waals surface area contributed by atoms with Gasteiger partial charge < -0.3 is 15.7 Å². The lowest BCUT2D eigenvalue weighted by molar-refractivity contribution is 0.258. The number of rotatable bonds is 11. The van der Waals surface area contributed by atoms with Crippen molar-refractivity contribution in [1.29, 1.82) is 0 Å². The molecule has 0 bridgehead atoms. The topological polar surface area (TPSA) is 49.5 Å². The summed E-state index contributed by atoms with van der Waals surface area (Å²) in [5.74, 6) is 0. The first-order valence-electron chi connectivity index (χ1n) is 6.38. The Morgan fingerprint density at radius 3 is 2.20 bits per heavy atom. The molecule has 15 heavy (non-hydrogen) atoms. The van der Waals surface area contributed by atoms with Crippen LogP contribution in [0.2, 0.25) is 0 Å². The summed E-state index contributed by atoms with van der Waals surface area (Å²) < 4.78 is 0. The summed E-state index contributed by atoms with van der Waals surface area (Å²) in [7, 11) is 0. The molecule has 0 aliphatic heterocycles. The third kappa shape index (κ3) is 10.2. The van der Waals surface area contributed by atoms with Gasteiger partial charge in [0.1, 0.15) is 0 Å². The molecule has 0 saturated heterocycles. The van der Waals surface area contributed by atoms with Crippen molar-refractivity contribution in [3.05, 3.63) is 0 Å². The second kappa shape index (κ2) is 12.0. The highest BCUT2D eigenvalue weighted by Crippen LogP contribution is 2.02. The highest BCUT2D eigenvalue weighted by Gasteiger charge is 2.02. The predicted molar refractivity (Wildman–Crippen MR) is 66.0 cm³/mol. The first-order chi connectivity index (χ1) is 7.35. The van der Waals surface area contributed by atoms with Crippen molar-refractivity contribution in [2.75, 3.05) is 32.8 Å². The molecule has 0 aromatic heterocycles. The molecule has 0 unspecified atom stereocenters. The maximum absolute atomic E-state index is 8.65. The molecule has 92 valence electrons. The number of aliphatic hydroxyl groups excluding tert-OH is 1. The van der Waals surface area contributed by atoms with E-state index in [0.717, 1.165) is 32.4 Å². The van der Waals surface area contributed by atoms with E-state index < -0.39 is 0 Å². The van der Waals surface area contributed by atoms with Gasteiger partial charge in [0.05, 0.1) is 0 Å². The Bertz CT molecular complexity index is 120. The molecule has 0 aromatic carbocycles. The van der Waals surface area contributed by atoms with E-state index in [-0.39, 0.29) is 0 Å². The summed E-state index contributed by atoms with van der Waals surface area (Å²) in [6.45, 7) is 6.89. The van der Waals surface area contributed by atoms with Crippen LogP contribution in [0.15, 0.2) is 0 Å². The highest BCUT2D eigenvalue weighted by molar-refractivity contribution is 4.58. The standard InChI is InChI=1S/C12H28N2O/c1-2-9-14(11-7-8-13)10-5-3-4-6-12-15/h15H,2-13H2,1H3. The van der Waals surface area contributed by atoms with Crippen molar-refractivity contribution in [2.24, 2.45) is 5.73 Å². The minimum atomic E-state index is 0.339. The SMILES string of the molecule is CCCN(CCCN)CCCCCCO. The second-order valence-electron chi connectivity index (χ2n) is 4.12. The lowest BCUT2D eigenvalue weighted by Gasteiger charge is -2.21. The Labute approximate surface area is 94.6 Å². The van der Waals surface area contributed by atoms with Crippen LogP contribution < -0.4 is 5.73 Å². The third-order valence-corrected chi connectivity index (χ3v) is 2.60. The van der Waals surface area contributed by atoms with E-state index in [2.05, 4.69) is 11.8 Å². The fourth-order valence-corrected chi connectivity index (χ4v) is 1.77. The average molecular weight is 216 g/mol. The monoisotopic (exact) mass is 216 g/mol. The van der Waals surface area contributed by atoms with Gasteiger partial charge in [0, 0.05) is 6.61 Å². The molecular formula is C12H28N2O. The number of hydrogen-bond acceptors (Lipinski definition) is 3. The molecule has 0 amide bonds. The third-order valence-electron chi connectivity index (χ3n) is 2.60. The molecule has 0 fully saturated rings. The maximum Gasteiger partial charge on any atom is 0.0431 e. The zero-order valence-electron chi connectivity index (χ0n) is 10.2. The Kier molecular flexibility index (Phi) is 11.9. The van der Waals surface area contributed by atoms with Crippen LogP contribution in [0.5, 0.6) is 0 Å². The van der Waals surface area contributed by atoms with Gasteiger partial charge in [-0.25, -0.2) is 0 Å². The van der Waals surface area contributed by atoms with Gasteiger partial charge in [-0.1, -0.05) is 19.8 Å². The average Bonchev–Trinajstić information content (AvgIpc) is 2.25. The van der Waals surface area contributed by atoms with Crippen molar-refractivity contribution < 1.29 is 5.11 Å². The molecule has 0 heterocycles. The summed E-state index contributed by atoms with van der Waals surface area (Å²) >= 11 is 0. The van der Waals surface area contributed by atoms with Gasteiger partial charge in [-0.2, -0.15) is 0 Å². The van der Waals surface area contributed by atoms with Crippen LogP contribution in [-0.2, 0) is 0 Å². The number of nitrogens with zero attached hydrogens (tertiary/aromatic N) is 1. The van der Waals surface area contributed by atoms with Gasteiger partial charge in [-0.15, -0.1) is 0 Å². The predicted octanol–water partition coefficient (Wildman–Crippen LogP) is 1.60. The lowest BCUT2D eigenvalue weighted by Crippen LogP contribution is -2.28. The highest BCUT2D eigenvalue weighted by atomic mass is 16.2. The molecular weight excluding hydrogens is 188 g/mol.